The van der Waals surface area contributed by atoms with Crippen LogP contribution in [0.2, 0.25) is 0 Å². The van der Waals surface area contributed by atoms with Gasteiger partial charge in [0.05, 0.1) is 31.1 Å². The first-order valence-corrected chi connectivity index (χ1v) is 4.99. The third kappa shape index (κ3) is 2.06. The predicted molar refractivity (Wildman–Crippen MR) is 56.4 cm³/mol. The van der Waals surface area contributed by atoms with Gasteiger partial charge in [0.25, 0.3) is 5.92 Å². The fourth-order valence-electron chi connectivity index (χ4n) is 1.90. The number of nitrogens with zero attached hydrogens (tertiary/aromatic N) is 2. The second-order valence-corrected chi connectivity index (χ2v) is 3.97. The van der Waals surface area contributed by atoms with Crippen molar-refractivity contribution in [2.45, 2.75) is 18.4 Å². The van der Waals surface area contributed by atoms with Gasteiger partial charge in [0, 0.05) is 6.42 Å². The molecule has 88 valence electrons. The molecule has 1 aromatic rings. The van der Waals surface area contributed by atoms with E-state index in [4.69, 9.17) is 10.8 Å². The van der Waals surface area contributed by atoms with E-state index in [9.17, 15) is 8.78 Å². The maximum atomic E-state index is 13.2. The Kier molecular flexibility index (Phi) is 2.67. The summed E-state index contributed by atoms with van der Waals surface area (Å²) in [6, 6.07) is 2.61. The number of alkyl halides is 2. The Hall–Kier alpha value is -1.43. The summed E-state index contributed by atoms with van der Waals surface area (Å²) in [7, 11) is 0. The van der Waals surface area contributed by atoms with E-state index in [0.29, 0.717) is 11.5 Å². The first-order valence-electron chi connectivity index (χ1n) is 4.99. The maximum Gasteiger partial charge on any atom is 0.267 e. The Morgan fingerprint density at radius 1 is 1.56 bits per heavy atom. The highest BCUT2D eigenvalue weighted by Gasteiger charge is 2.45. The summed E-state index contributed by atoms with van der Waals surface area (Å²) in [4.78, 5) is 5.40. The summed E-state index contributed by atoms with van der Waals surface area (Å²) >= 11 is 0. The van der Waals surface area contributed by atoms with Crippen molar-refractivity contribution in [3.63, 3.8) is 0 Å². The first kappa shape index (κ1) is 11.1. The molecule has 1 aliphatic rings. The lowest BCUT2D eigenvalue weighted by atomic mass is 10.2. The highest BCUT2D eigenvalue weighted by atomic mass is 19.3. The van der Waals surface area contributed by atoms with Crippen LogP contribution in [0.1, 0.15) is 6.42 Å². The molecule has 4 nitrogen and oxygen atoms in total. The molecule has 2 heterocycles. The zero-order valence-corrected chi connectivity index (χ0v) is 8.61. The molecule has 0 aromatic carbocycles. The number of pyridine rings is 1. The number of aliphatic hydroxyl groups excluding tert-OH is 1. The molecule has 0 amide bonds. The lowest BCUT2D eigenvalue weighted by Crippen LogP contribution is -2.33. The molecule has 1 unspecified atom stereocenters. The normalized spacial score (nSPS) is 23.7. The number of hydrogen-bond donors (Lipinski definition) is 2. The average Bonchev–Trinajstić information content (AvgIpc) is 2.55. The van der Waals surface area contributed by atoms with Crippen molar-refractivity contribution in [1.82, 2.24) is 4.98 Å². The Morgan fingerprint density at radius 2 is 2.31 bits per heavy atom. The lowest BCUT2D eigenvalue weighted by Gasteiger charge is -2.23. The zero-order valence-electron chi connectivity index (χ0n) is 8.61. The minimum Gasteiger partial charge on any atom is -0.397 e. The summed E-state index contributed by atoms with van der Waals surface area (Å²) < 4.78 is 26.4. The van der Waals surface area contributed by atoms with E-state index in [2.05, 4.69) is 4.98 Å². The molecule has 0 aliphatic carbocycles. The predicted octanol–water partition coefficient (Wildman–Crippen LogP) is 0.870. The Bertz CT molecular complexity index is 369. The van der Waals surface area contributed by atoms with E-state index in [1.807, 2.05) is 0 Å². The summed E-state index contributed by atoms with van der Waals surface area (Å²) in [5, 5.41) is 9.06. The minimum absolute atomic E-state index is 0.304. The fraction of sp³-hybridized carbons (Fsp3) is 0.500. The first-order chi connectivity index (χ1) is 7.52. The maximum absolute atomic E-state index is 13.2. The quantitative estimate of drug-likeness (QED) is 0.790. The van der Waals surface area contributed by atoms with E-state index in [1.165, 1.54) is 11.1 Å². The van der Waals surface area contributed by atoms with Crippen LogP contribution in [-0.4, -0.2) is 35.2 Å². The third-order valence-corrected chi connectivity index (χ3v) is 2.65. The number of halogens is 2. The van der Waals surface area contributed by atoms with Crippen molar-refractivity contribution in [2.24, 2.45) is 0 Å². The van der Waals surface area contributed by atoms with E-state index < -0.39 is 18.5 Å². The number of hydrogen-bond acceptors (Lipinski definition) is 4. The summed E-state index contributed by atoms with van der Waals surface area (Å²) in [5.41, 5.74) is 5.95. The van der Waals surface area contributed by atoms with Gasteiger partial charge in [0.2, 0.25) is 0 Å². The highest BCUT2D eigenvalue weighted by molar-refractivity contribution is 5.47. The average molecular weight is 229 g/mol. The second-order valence-electron chi connectivity index (χ2n) is 3.97. The molecule has 1 atom stereocenters. The van der Waals surface area contributed by atoms with Gasteiger partial charge in [-0.2, -0.15) is 0 Å². The van der Waals surface area contributed by atoms with E-state index in [-0.39, 0.29) is 13.0 Å². The third-order valence-electron chi connectivity index (χ3n) is 2.65. The molecule has 0 bridgehead atoms. The van der Waals surface area contributed by atoms with Gasteiger partial charge in [-0.1, -0.05) is 0 Å². The smallest absolute Gasteiger partial charge is 0.267 e. The molecule has 1 fully saturated rings. The molecule has 2 rings (SSSR count). The molecule has 1 saturated heterocycles. The minimum atomic E-state index is -2.77. The van der Waals surface area contributed by atoms with Crippen molar-refractivity contribution in [3.05, 3.63) is 18.3 Å². The van der Waals surface area contributed by atoms with Gasteiger partial charge in [0.1, 0.15) is 5.82 Å². The molecule has 3 N–H and O–H groups in total. The van der Waals surface area contributed by atoms with Gasteiger partial charge in [-0.25, -0.2) is 13.8 Å². The summed E-state index contributed by atoms with van der Waals surface area (Å²) in [6.45, 7) is -0.712. The van der Waals surface area contributed by atoms with Gasteiger partial charge in [-0.05, 0) is 12.1 Å². The van der Waals surface area contributed by atoms with Crippen molar-refractivity contribution in [3.8, 4) is 0 Å². The van der Waals surface area contributed by atoms with Crippen LogP contribution in [0.15, 0.2) is 18.3 Å². The molecule has 16 heavy (non-hydrogen) atoms. The van der Waals surface area contributed by atoms with Gasteiger partial charge in [0.15, 0.2) is 0 Å². The van der Waals surface area contributed by atoms with E-state index in [0.717, 1.165) is 0 Å². The molecule has 1 aliphatic heterocycles. The van der Waals surface area contributed by atoms with Crippen LogP contribution in [0.3, 0.4) is 0 Å². The van der Waals surface area contributed by atoms with E-state index in [1.54, 1.807) is 12.1 Å². The molecule has 0 spiro atoms. The van der Waals surface area contributed by atoms with Gasteiger partial charge in [-0.3, -0.25) is 0 Å². The van der Waals surface area contributed by atoms with Crippen LogP contribution >= 0.6 is 0 Å². The Morgan fingerprint density at radius 3 is 2.88 bits per heavy atom. The molecular weight excluding hydrogens is 216 g/mol. The molecule has 0 radical (unpaired) electrons. The van der Waals surface area contributed by atoms with Crippen molar-refractivity contribution in [1.29, 1.82) is 0 Å². The summed E-state index contributed by atoms with van der Waals surface area (Å²) in [5.74, 6) is -2.35. The SMILES string of the molecule is Nc1ccc(N2CC(F)(F)CC2CO)nc1. The van der Waals surface area contributed by atoms with Gasteiger partial charge < -0.3 is 15.7 Å². The highest BCUT2D eigenvalue weighted by Crippen LogP contribution is 2.34. The van der Waals surface area contributed by atoms with Crippen molar-refractivity contribution in [2.75, 3.05) is 23.8 Å². The number of nitrogens with two attached hydrogens (primary N) is 1. The topological polar surface area (TPSA) is 62.4 Å². The number of aromatic nitrogens is 1. The number of nitrogen functional groups attached to an aromatic ring is 1. The van der Waals surface area contributed by atoms with Gasteiger partial charge >= 0.3 is 0 Å². The number of rotatable bonds is 2. The van der Waals surface area contributed by atoms with Crippen LogP contribution in [0.5, 0.6) is 0 Å². The zero-order chi connectivity index (χ0) is 11.8. The number of aliphatic hydroxyl groups is 1. The van der Waals surface area contributed by atoms with E-state index >= 15 is 0 Å². The largest absolute Gasteiger partial charge is 0.397 e. The monoisotopic (exact) mass is 229 g/mol. The lowest BCUT2D eigenvalue weighted by molar-refractivity contribution is 0.0201. The van der Waals surface area contributed by atoms with Crippen molar-refractivity contribution >= 4 is 11.5 Å². The Balaban J connectivity index is 2.23. The molecule has 1 aromatic heterocycles. The van der Waals surface area contributed by atoms with Crippen molar-refractivity contribution < 1.29 is 13.9 Å². The van der Waals surface area contributed by atoms with Gasteiger partial charge in [-0.15, -0.1) is 0 Å². The second kappa shape index (κ2) is 3.86. The van der Waals surface area contributed by atoms with Crippen LogP contribution < -0.4 is 10.6 Å². The van der Waals surface area contributed by atoms with Crippen LogP contribution in [-0.2, 0) is 0 Å². The standard InChI is InChI=1S/C10H13F2N3O/c11-10(12)3-8(5-16)15(6-10)9-2-1-7(13)4-14-9/h1-2,4,8,16H,3,5-6,13H2. The Labute approximate surface area is 91.7 Å². The van der Waals surface area contributed by atoms with Crippen LogP contribution in [0.4, 0.5) is 20.3 Å². The van der Waals surface area contributed by atoms with Crippen LogP contribution in [0.25, 0.3) is 0 Å². The fourth-order valence-corrected chi connectivity index (χ4v) is 1.90. The van der Waals surface area contributed by atoms with Crippen LogP contribution in [0, 0.1) is 0 Å². The molecular formula is C10H13F2N3O. The number of anilines is 2. The summed E-state index contributed by atoms with van der Waals surface area (Å²) in [6.07, 6.45) is 1.08. The molecule has 0 saturated carbocycles. The molecule has 6 heteroatoms.